The zero-order valence-corrected chi connectivity index (χ0v) is 11.1. The van der Waals surface area contributed by atoms with Crippen LogP contribution in [-0.4, -0.2) is 10.0 Å². The summed E-state index contributed by atoms with van der Waals surface area (Å²) in [5, 5.41) is 20.4. The number of hydrogen-bond donors (Lipinski definition) is 1. The Labute approximate surface area is 112 Å². The van der Waals surface area contributed by atoms with E-state index in [2.05, 4.69) is 6.58 Å². The van der Waals surface area contributed by atoms with Crippen molar-refractivity contribution in [3.63, 3.8) is 0 Å². The average Bonchev–Trinajstić information content (AvgIpc) is 2.38. The summed E-state index contributed by atoms with van der Waals surface area (Å²) >= 11 is 0. The second-order valence-electron chi connectivity index (χ2n) is 4.36. The first-order valence-corrected chi connectivity index (χ1v) is 5.87. The molecule has 0 heterocycles. The predicted octanol–water partition coefficient (Wildman–Crippen LogP) is 4.10. The number of hydrogen-bond acceptors (Lipinski definition) is 3. The van der Waals surface area contributed by atoms with Gasteiger partial charge in [-0.2, -0.15) is 0 Å². The van der Waals surface area contributed by atoms with Crippen LogP contribution in [0.1, 0.15) is 19.4 Å². The van der Waals surface area contributed by atoms with Gasteiger partial charge in [0.15, 0.2) is 0 Å². The third-order valence-electron chi connectivity index (χ3n) is 2.74. The lowest BCUT2D eigenvalue weighted by molar-refractivity contribution is -0.384. The van der Waals surface area contributed by atoms with Crippen LogP contribution in [0.25, 0.3) is 0 Å². The van der Waals surface area contributed by atoms with Crippen LogP contribution in [0, 0.1) is 10.1 Å². The number of non-ortho nitro benzene ring substituents is 1. The smallest absolute Gasteiger partial charge is 0.269 e. The van der Waals surface area contributed by atoms with Gasteiger partial charge in [0, 0.05) is 12.1 Å². The Morgan fingerprint density at radius 2 is 1.95 bits per heavy atom. The molecule has 0 atom stereocenters. The Bertz CT molecular complexity index is 539. The summed E-state index contributed by atoms with van der Waals surface area (Å²) in [4.78, 5) is 10.1. The molecular formula is C15H17NO3. The van der Waals surface area contributed by atoms with Crippen molar-refractivity contribution in [1.82, 2.24) is 0 Å². The molecular weight excluding hydrogens is 242 g/mol. The molecule has 0 aliphatic heterocycles. The Hall–Kier alpha value is -2.36. The van der Waals surface area contributed by atoms with Crippen molar-refractivity contribution in [3.8, 4) is 0 Å². The average molecular weight is 259 g/mol. The molecule has 0 aliphatic rings. The molecule has 0 spiro atoms. The van der Waals surface area contributed by atoms with Crippen molar-refractivity contribution < 1.29 is 10.0 Å². The Morgan fingerprint density at radius 1 is 1.37 bits per heavy atom. The van der Waals surface area contributed by atoms with Crippen LogP contribution in [-0.2, 0) is 6.42 Å². The van der Waals surface area contributed by atoms with Gasteiger partial charge in [0.2, 0.25) is 0 Å². The minimum atomic E-state index is -0.430. The molecule has 4 heteroatoms. The zero-order valence-electron chi connectivity index (χ0n) is 11.1. The summed E-state index contributed by atoms with van der Waals surface area (Å²) in [7, 11) is 0. The molecule has 0 unspecified atom stereocenters. The van der Waals surface area contributed by atoms with Crippen molar-refractivity contribution in [1.29, 1.82) is 0 Å². The molecule has 0 saturated heterocycles. The van der Waals surface area contributed by atoms with Crippen LogP contribution in [0.2, 0.25) is 0 Å². The lowest BCUT2D eigenvalue weighted by Crippen LogP contribution is -1.93. The lowest BCUT2D eigenvalue weighted by atomic mass is 10.0. The second-order valence-corrected chi connectivity index (χ2v) is 4.36. The fourth-order valence-corrected chi connectivity index (χ4v) is 1.53. The van der Waals surface area contributed by atoms with E-state index in [1.165, 1.54) is 12.1 Å². The Kier molecular flexibility index (Phi) is 5.06. The van der Waals surface area contributed by atoms with Gasteiger partial charge in [0.05, 0.1) is 4.92 Å². The summed E-state index contributed by atoms with van der Waals surface area (Å²) in [6, 6.07) is 6.31. The predicted molar refractivity (Wildman–Crippen MR) is 76.1 cm³/mol. The first kappa shape index (κ1) is 14.7. The normalized spacial score (nSPS) is 12.8. The van der Waals surface area contributed by atoms with Crippen molar-refractivity contribution in [2.45, 2.75) is 20.3 Å². The van der Waals surface area contributed by atoms with E-state index in [4.69, 9.17) is 0 Å². The summed E-state index contributed by atoms with van der Waals surface area (Å²) in [6.07, 6.45) is 3.86. The third-order valence-corrected chi connectivity index (χ3v) is 2.74. The maximum Gasteiger partial charge on any atom is 0.269 e. The summed E-state index contributed by atoms with van der Waals surface area (Å²) in [5.74, 6) is 0.204. The van der Waals surface area contributed by atoms with Gasteiger partial charge in [-0.1, -0.05) is 24.8 Å². The van der Waals surface area contributed by atoms with Gasteiger partial charge in [-0.25, -0.2) is 0 Å². The number of nitro groups is 1. The molecule has 0 fully saturated rings. The number of aliphatic hydroxyl groups excluding tert-OH is 1. The van der Waals surface area contributed by atoms with E-state index in [0.29, 0.717) is 6.42 Å². The van der Waals surface area contributed by atoms with Gasteiger partial charge in [0.1, 0.15) is 5.76 Å². The molecule has 0 amide bonds. The van der Waals surface area contributed by atoms with Gasteiger partial charge < -0.3 is 5.11 Å². The topological polar surface area (TPSA) is 63.4 Å². The van der Waals surface area contributed by atoms with Gasteiger partial charge in [-0.05, 0) is 43.1 Å². The molecule has 1 rings (SSSR count). The van der Waals surface area contributed by atoms with E-state index in [1.807, 2.05) is 13.8 Å². The largest absolute Gasteiger partial charge is 0.508 e. The van der Waals surface area contributed by atoms with Crippen LogP contribution < -0.4 is 0 Å². The SMILES string of the molecule is C=C/C(C)=C\C(O)=C(/C)Cc1ccc([N+](=O)[O-])cc1. The van der Waals surface area contributed by atoms with Crippen LogP contribution in [0.4, 0.5) is 5.69 Å². The molecule has 0 radical (unpaired) electrons. The van der Waals surface area contributed by atoms with Gasteiger partial charge in [-0.3, -0.25) is 10.1 Å². The Morgan fingerprint density at radius 3 is 2.42 bits per heavy atom. The molecule has 4 nitrogen and oxygen atoms in total. The first-order valence-electron chi connectivity index (χ1n) is 5.87. The van der Waals surface area contributed by atoms with Gasteiger partial charge in [0.25, 0.3) is 5.69 Å². The van der Waals surface area contributed by atoms with Crippen LogP contribution in [0.5, 0.6) is 0 Å². The third kappa shape index (κ3) is 4.43. The van der Waals surface area contributed by atoms with Crippen LogP contribution >= 0.6 is 0 Å². The fourth-order valence-electron chi connectivity index (χ4n) is 1.53. The standard InChI is InChI=1S/C15H17NO3/c1-4-11(2)9-15(17)12(3)10-13-5-7-14(8-6-13)16(18)19/h4-9,17H,1,10H2,2-3H3/b11-9-,15-12-. The minimum Gasteiger partial charge on any atom is -0.508 e. The number of benzene rings is 1. The molecule has 0 aromatic heterocycles. The number of allylic oxidation sites excluding steroid dienone is 4. The molecule has 0 saturated carbocycles. The van der Waals surface area contributed by atoms with Gasteiger partial charge in [-0.15, -0.1) is 0 Å². The first-order chi connectivity index (χ1) is 8.93. The summed E-state index contributed by atoms with van der Waals surface area (Å²) in [6.45, 7) is 7.29. The molecule has 100 valence electrons. The molecule has 0 bridgehead atoms. The highest BCUT2D eigenvalue weighted by Crippen LogP contribution is 2.16. The maximum atomic E-state index is 10.5. The zero-order chi connectivity index (χ0) is 14.4. The molecule has 1 aromatic carbocycles. The van der Waals surface area contributed by atoms with E-state index < -0.39 is 4.92 Å². The van der Waals surface area contributed by atoms with Crippen molar-refractivity contribution in [2.75, 3.05) is 0 Å². The second kappa shape index (κ2) is 6.54. The monoisotopic (exact) mass is 259 g/mol. The van der Waals surface area contributed by atoms with E-state index in [1.54, 1.807) is 24.3 Å². The summed E-state index contributed by atoms with van der Waals surface area (Å²) in [5.41, 5.74) is 2.66. The van der Waals surface area contributed by atoms with E-state index in [9.17, 15) is 15.2 Å². The number of nitro benzene ring substituents is 1. The number of aliphatic hydroxyl groups is 1. The Balaban J connectivity index is 2.87. The minimum absolute atomic E-state index is 0.0667. The van der Waals surface area contributed by atoms with Crippen molar-refractivity contribution in [2.24, 2.45) is 0 Å². The summed E-state index contributed by atoms with van der Waals surface area (Å²) < 4.78 is 0. The van der Waals surface area contributed by atoms with E-state index in [-0.39, 0.29) is 11.4 Å². The quantitative estimate of drug-likeness (QED) is 0.374. The highest BCUT2D eigenvalue weighted by Gasteiger charge is 2.05. The van der Waals surface area contributed by atoms with Crippen molar-refractivity contribution in [3.05, 3.63) is 75.6 Å². The fraction of sp³-hybridized carbons (Fsp3) is 0.200. The highest BCUT2D eigenvalue weighted by molar-refractivity contribution is 5.36. The molecule has 1 N–H and O–H groups in total. The lowest BCUT2D eigenvalue weighted by Gasteiger charge is -2.04. The molecule has 0 aliphatic carbocycles. The van der Waals surface area contributed by atoms with Crippen LogP contribution in [0.3, 0.4) is 0 Å². The number of rotatable bonds is 5. The van der Waals surface area contributed by atoms with Crippen LogP contribution in [0.15, 0.2) is 59.9 Å². The number of nitrogens with zero attached hydrogens (tertiary/aromatic N) is 1. The highest BCUT2D eigenvalue weighted by atomic mass is 16.6. The van der Waals surface area contributed by atoms with Crippen molar-refractivity contribution >= 4 is 5.69 Å². The van der Waals surface area contributed by atoms with E-state index in [0.717, 1.165) is 16.7 Å². The maximum absolute atomic E-state index is 10.5. The van der Waals surface area contributed by atoms with Gasteiger partial charge >= 0.3 is 0 Å². The molecule has 19 heavy (non-hydrogen) atoms. The molecule has 1 aromatic rings. The van der Waals surface area contributed by atoms with E-state index >= 15 is 0 Å².